The predicted octanol–water partition coefficient (Wildman–Crippen LogP) is 1.48. The van der Waals surface area contributed by atoms with Crippen LogP contribution in [0.25, 0.3) is 0 Å². The van der Waals surface area contributed by atoms with Crippen LogP contribution in [0.1, 0.15) is 29.0 Å². The van der Waals surface area contributed by atoms with Gasteiger partial charge in [-0.3, -0.25) is 4.79 Å². The van der Waals surface area contributed by atoms with Crippen LogP contribution in [0.5, 0.6) is 0 Å². The lowest BCUT2D eigenvalue weighted by Gasteiger charge is -2.13. The molecule has 1 aromatic heterocycles. The van der Waals surface area contributed by atoms with Gasteiger partial charge in [0.2, 0.25) is 0 Å². The number of imidazole rings is 1. The number of carbonyl (C=O) groups is 1. The van der Waals surface area contributed by atoms with Crippen molar-refractivity contribution in [2.45, 2.75) is 13.0 Å². The van der Waals surface area contributed by atoms with Gasteiger partial charge in [0, 0.05) is 5.69 Å². The summed E-state index contributed by atoms with van der Waals surface area (Å²) in [5, 5.41) is 2.87. The van der Waals surface area contributed by atoms with Gasteiger partial charge in [0.25, 0.3) is 5.91 Å². The Morgan fingerprint density at radius 2 is 2.12 bits per heavy atom. The van der Waals surface area contributed by atoms with Crippen LogP contribution >= 0.6 is 0 Å². The molecule has 1 aromatic carbocycles. The Morgan fingerprint density at radius 1 is 1.41 bits per heavy atom. The average molecular weight is 230 g/mol. The SMILES string of the molecule is CC(NC(=O)c1cnc[nH]1)c1ccc(N)cc1. The average Bonchev–Trinajstić information content (AvgIpc) is 2.83. The molecule has 0 spiro atoms. The van der Waals surface area contributed by atoms with E-state index < -0.39 is 0 Å². The number of anilines is 1. The molecule has 0 radical (unpaired) electrons. The van der Waals surface area contributed by atoms with Crippen LogP contribution in [0.15, 0.2) is 36.8 Å². The van der Waals surface area contributed by atoms with E-state index in [0.29, 0.717) is 11.4 Å². The van der Waals surface area contributed by atoms with Gasteiger partial charge in [-0.05, 0) is 24.6 Å². The molecule has 2 rings (SSSR count). The second kappa shape index (κ2) is 4.69. The summed E-state index contributed by atoms with van der Waals surface area (Å²) < 4.78 is 0. The topological polar surface area (TPSA) is 83.8 Å². The number of aromatic nitrogens is 2. The maximum Gasteiger partial charge on any atom is 0.269 e. The Kier molecular flexibility index (Phi) is 3.09. The summed E-state index contributed by atoms with van der Waals surface area (Å²) in [7, 11) is 0. The van der Waals surface area contributed by atoms with Crippen LogP contribution in [-0.2, 0) is 0 Å². The van der Waals surface area contributed by atoms with Crippen LogP contribution in [0.4, 0.5) is 5.69 Å². The fourth-order valence-corrected chi connectivity index (χ4v) is 1.52. The molecule has 88 valence electrons. The van der Waals surface area contributed by atoms with E-state index in [4.69, 9.17) is 5.73 Å². The summed E-state index contributed by atoms with van der Waals surface area (Å²) in [6, 6.07) is 7.34. The first-order chi connectivity index (χ1) is 8.16. The number of hydrogen-bond donors (Lipinski definition) is 3. The number of amides is 1. The van der Waals surface area contributed by atoms with E-state index in [1.807, 2.05) is 31.2 Å². The molecule has 17 heavy (non-hydrogen) atoms. The molecule has 0 fully saturated rings. The van der Waals surface area contributed by atoms with Crippen LogP contribution in [0, 0.1) is 0 Å². The molecule has 4 N–H and O–H groups in total. The van der Waals surface area contributed by atoms with Crippen LogP contribution in [-0.4, -0.2) is 15.9 Å². The molecule has 1 amide bonds. The number of aromatic amines is 1. The molecule has 1 atom stereocenters. The third kappa shape index (κ3) is 2.63. The first-order valence-corrected chi connectivity index (χ1v) is 5.31. The van der Waals surface area contributed by atoms with Crippen molar-refractivity contribution in [2.24, 2.45) is 0 Å². The summed E-state index contributed by atoms with van der Waals surface area (Å²) in [4.78, 5) is 18.3. The zero-order chi connectivity index (χ0) is 12.3. The van der Waals surface area contributed by atoms with Crippen LogP contribution in [0.3, 0.4) is 0 Å². The second-order valence-electron chi connectivity index (χ2n) is 3.83. The summed E-state index contributed by atoms with van der Waals surface area (Å²) in [5.74, 6) is -0.174. The van der Waals surface area contributed by atoms with Gasteiger partial charge in [-0.2, -0.15) is 0 Å². The van der Waals surface area contributed by atoms with Crippen molar-refractivity contribution in [3.63, 3.8) is 0 Å². The maximum absolute atomic E-state index is 11.7. The minimum absolute atomic E-state index is 0.0774. The highest BCUT2D eigenvalue weighted by molar-refractivity contribution is 5.92. The quantitative estimate of drug-likeness (QED) is 0.698. The Labute approximate surface area is 99.1 Å². The number of nitrogen functional groups attached to an aromatic ring is 1. The molecule has 1 heterocycles. The van der Waals surface area contributed by atoms with Crippen LogP contribution in [0.2, 0.25) is 0 Å². The second-order valence-corrected chi connectivity index (χ2v) is 3.83. The number of H-pyrrole nitrogens is 1. The summed E-state index contributed by atoms with van der Waals surface area (Å²) in [6.07, 6.45) is 2.97. The van der Waals surface area contributed by atoms with Gasteiger partial charge >= 0.3 is 0 Å². The number of nitrogens with two attached hydrogens (primary N) is 1. The highest BCUT2D eigenvalue weighted by Crippen LogP contribution is 2.14. The standard InChI is InChI=1S/C12H14N4O/c1-8(9-2-4-10(13)5-3-9)16-12(17)11-6-14-7-15-11/h2-8H,13H2,1H3,(H,14,15)(H,16,17). The molecule has 0 saturated carbocycles. The van der Waals surface area contributed by atoms with Gasteiger partial charge in [0.1, 0.15) is 5.69 Å². The normalized spacial score (nSPS) is 12.1. The van der Waals surface area contributed by atoms with Crippen molar-refractivity contribution in [1.29, 1.82) is 0 Å². The van der Waals surface area contributed by atoms with Gasteiger partial charge in [-0.15, -0.1) is 0 Å². The minimum atomic E-state index is -0.174. The van der Waals surface area contributed by atoms with Gasteiger partial charge in [0.15, 0.2) is 0 Å². The van der Waals surface area contributed by atoms with Gasteiger partial charge in [0.05, 0.1) is 18.6 Å². The molecule has 0 bridgehead atoms. The summed E-state index contributed by atoms with van der Waals surface area (Å²) in [6.45, 7) is 1.92. The number of benzene rings is 1. The third-order valence-corrected chi connectivity index (χ3v) is 2.53. The molecule has 5 heteroatoms. The van der Waals surface area contributed by atoms with E-state index in [2.05, 4.69) is 15.3 Å². The van der Waals surface area contributed by atoms with E-state index in [0.717, 1.165) is 5.56 Å². The Balaban J connectivity index is 2.04. The van der Waals surface area contributed by atoms with Gasteiger partial charge in [-0.1, -0.05) is 12.1 Å². The van der Waals surface area contributed by atoms with E-state index in [-0.39, 0.29) is 11.9 Å². The highest BCUT2D eigenvalue weighted by atomic mass is 16.1. The molecule has 0 aliphatic carbocycles. The smallest absolute Gasteiger partial charge is 0.269 e. The number of nitrogens with one attached hydrogen (secondary N) is 2. The lowest BCUT2D eigenvalue weighted by Crippen LogP contribution is -2.26. The molecule has 0 aliphatic heterocycles. The third-order valence-electron chi connectivity index (χ3n) is 2.53. The van der Waals surface area contributed by atoms with Crippen molar-refractivity contribution in [3.8, 4) is 0 Å². The Bertz CT molecular complexity index is 490. The van der Waals surface area contributed by atoms with E-state index in [9.17, 15) is 4.79 Å². The van der Waals surface area contributed by atoms with Crippen molar-refractivity contribution in [3.05, 3.63) is 48.0 Å². The molecule has 1 unspecified atom stereocenters. The molecular formula is C12H14N4O. The first-order valence-electron chi connectivity index (χ1n) is 5.31. The molecule has 0 aliphatic rings. The monoisotopic (exact) mass is 230 g/mol. The van der Waals surface area contributed by atoms with Gasteiger partial charge < -0.3 is 16.0 Å². The highest BCUT2D eigenvalue weighted by Gasteiger charge is 2.11. The number of nitrogens with zero attached hydrogens (tertiary/aromatic N) is 1. The van der Waals surface area contributed by atoms with Crippen LogP contribution < -0.4 is 11.1 Å². The molecule has 0 saturated heterocycles. The fourth-order valence-electron chi connectivity index (χ4n) is 1.52. The maximum atomic E-state index is 11.7. The molecule has 2 aromatic rings. The van der Waals surface area contributed by atoms with E-state index in [1.165, 1.54) is 12.5 Å². The Hall–Kier alpha value is -2.30. The lowest BCUT2D eigenvalue weighted by atomic mass is 10.1. The fraction of sp³-hybridized carbons (Fsp3) is 0.167. The van der Waals surface area contributed by atoms with Crippen molar-refractivity contribution in [1.82, 2.24) is 15.3 Å². The van der Waals surface area contributed by atoms with Crippen molar-refractivity contribution < 1.29 is 4.79 Å². The first kappa shape index (κ1) is 11.2. The number of hydrogen-bond acceptors (Lipinski definition) is 3. The van der Waals surface area contributed by atoms with Gasteiger partial charge in [-0.25, -0.2) is 4.98 Å². The summed E-state index contributed by atoms with van der Waals surface area (Å²) in [5.41, 5.74) is 7.77. The Morgan fingerprint density at radius 3 is 2.71 bits per heavy atom. The molecule has 5 nitrogen and oxygen atoms in total. The number of rotatable bonds is 3. The van der Waals surface area contributed by atoms with Crippen molar-refractivity contribution >= 4 is 11.6 Å². The minimum Gasteiger partial charge on any atom is -0.399 e. The largest absolute Gasteiger partial charge is 0.399 e. The predicted molar refractivity (Wildman–Crippen MR) is 65.3 cm³/mol. The number of carbonyl (C=O) groups excluding carboxylic acids is 1. The zero-order valence-electron chi connectivity index (χ0n) is 9.47. The van der Waals surface area contributed by atoms with E-state index >= 15 is 0 Å². The zero-order valence-corrected chi connectivity index (χ0v) is 9.47. The summed E-state index contributed by atoms with van der Waals surface area (Å²) >= 11 is 0. The lowest BCUT2D eigenvalue weighted by molar-refractivity contribution is 0.0935. The molecular weight excluding hydrogens is 216 g/mol. The van der Waals surface area contributed by atoms with E-state index in [1.54, 1.807) is 0 Å². The van der Waals surface area contributed by atoms with Crippen molar-refractivity contribution in [2.75, 3.05) is 5.73 Å².